The van der Waals surface area contributed by atoms with E-state index in [9.17, 15) is 10.2 Å². The zero-order valence-corrected chi connectivity index (χ0v) is 8.22. The van der Waals surface area contributed by atoms with Gasteiger partial charge in [-0.15, -0.1) is 0 Å². The SMILES string of the molecule is CN1Cc2ccccc2CC1C(O)O. The van der Waals surface area contributed by atoms with Crippen molar-refractivity contribution in [2.75, 3.05) is 7.05 Å². The van der Waals surface area contributed by atoms with E-state index in [1.165, 1.54) is 11.1 Å². The van der Waals surface area contributed by atoms with Gasteiger partial charge in [0.05, 0.1) is 6.04 Å². The van der Waals surface area contributed by atoms with Gasteiger partial charge in [-0.2, -0.15) is 0 Å². The first-order valence-corrected chi connectivity index (χ1v) is 4.81. The Labute approximate surface area is 83.6 Å². The summed E-state index contributed by atoms with van der Waals surface area (Å²) < 4.78 is 0. The van der Waals surface area contributed by atoms with Crippen LogP contribution in [0.1, 0.15) is 11.1 Å². The minimum Gasteiger partial charge on any atom is -0.367 e. The highest BCUT2D eigenvalue weighted by Gasteiger charge is 2.27. The van der Waals surface area contributed by atoms with Crippen LogP contribution >= 0.6 is 0 Å². The van der Waals surface area contributed by atoms with E-state index in [0.29, 0.717) is 6.42 Å². The molecule has 14 heavy (non-hydrogen) atoms. The number of nitrogens with zero attached hydrogens (tertiary/aromatic N) is 1. The van der Waals surface area contributed by atoms with Crippen LogP contribution < -0.4 is 0 Å². The number of rotatable bonds is 1. The standard InChI is InChI=1S/C11H15NO2/c1-12-7-9-5-3-2-4-8(9)6-10(12)11(13)14/h2-5,10-11,13-14H,6-7H2,1H3. The topological polar surface area (TPSA) is 43.7 Å². The van der Waals surface area contributed by atoms with Gasteiger partial charge in [-0.3, -0.25) is 4.90 Å². The van der Waals surface area contributed by atoms with E-state index < -0.39 is 6.29 Å². The molecule has 1 aliphatic rings. The third-order valence-corrected chi connectivity index (χ3v) is 2.88. The largest absolute Gasteiger partial charge is 0.367 e. The van der Waals surface area contributed by atoms with E-state index in [-0.39, 0.29) is 6.04 Å². The average molecular weight is 193 g/mol. The molecule has 1 aliphatic heterocycles. The molecule has 0 radical (unpaired) electrons. The van der Waals surface area contributed by atoms with Crippen LogP contribution in [0.3, 0.4) is 0 Å². The molecule has 1 aromatic rings. The highest BCUT2D eigenvalue weighted by atomic mass is 16.5. The Hall–Kier alpha value is -0.900. The monoisotopic (exact) mass is 193 g/mol. The summed E-state index contributed by atoms with van der Waals surface area (Å²) in [6, 6.07) is 7.97. The molecule has 0 spiro atoms. The van der Waals surface area contributed by atoms with Gasteiger partial charge >= 0.3 is 0 Å². The first kappa shape index (κ1) is 9.65. The Morgan fingerprint density at radius 3 is 2.57 bits per heavy atom. The molecule has 3 heteroatoms. The average Bonchev–Trinajstić information content (AvgIpc) is 2.16. The van der Waals surface area contributed by atoms with E-state index in [4.69, 9.17) is 0 Å². The molecule has 1 unspecified atom stereocenters. The van der Waals surface area contributed by atoms with Crippen molar-refractivity contribution in [3.63, 3.8) is 0 Å². The molecule has 0 aliphatic carbocycles. The summed E-state index contributed by atoms with van der Waals surface area (Å²) in [5, 5.41) is 18.4. The molecule has 0 fully saturated rings. The predicted molar refractivity (Wildman–Crippen MR) is 53.6 cm³/mol. The number of benzene rings is 1. The van der Waals surface area contributed by atoms with Crippen LogP contribution in [0.5, 0.6) is 0 Å². The van der Waals surface area contributed by atoms with Crippen LogP contribution in [0.25, 0.3) is 0 Å². The lowest BCUT2D eigenvalue weighted by Gasteiger charge is -2.34. The Kier molecular flexibility index (Phi) is 2.54. The van der Waals surface area contributed by atoms with Crippen molar-refractivity contribution in [2.45, 2.75) is 25.3 Å². The van der Waals surface area contributed by atoms with Crippen molar-refractivity contribution in [3.05, 3.63) is 35.4 Å². The van der Waals surface area contributed by atoms with Gasteiger partial charge in [0.15, 0.2) is 6.29 Å². The van der Waals surface area contributed by atoms with Crippen molar-refractivity contribution in [1.29, 1.82) is 0 Å². The fraction of sp³-hybridized carbons (Fsp3) is 0.455. The number of hydrogen-bond donors (Lipinski definition) is 2. The van der Waals surface area contributed by atoms with E-state index in [2.05, 4.69) is 12.1 Å². The third kappa shape index (κ3) is 1.66. The molecular formula is C11H15NO2. The molecular weight excluding hydrogens is 178 g/mol. The fourth-order valence-corrected chi connectivity index (χ4v) is 2.01. The van der Waals surface area contributed by atoms with Gasteiger partial charge in [0.2, 0.25) is 0 Å². The first-order chi connectivity index (χ1) is 6.68. The molecule has 0 bridgehead atoms. The summed E-state index contributed by atoms with van der Waals surface area (Å²) in [5.74, 6) is 0. The zero-order valence-electron chi connectivity index (χ0n) is 8.22. The maximum Gasteiger partial charge on any atom is 0.167 e. The summed E-state index contributed by atoms with van der Waals surface area (Å²) in [4.78, 5) is 1.98. The quantitative estimate of drug-likeness (QED) is 0.633. The summed E-state index contributed by atoms with van der Waals surface area (Å²) >= 11 is 0. The summed E-state index contributed by atoms with van der Waals surface area (Å²) in [6.07, 6.45) is -0.544. The minimum absolute atomic E-state index is 0.176. The molecule has 2 N–H and O–H groups in total. The molecule has 0 saturated heterocycles. The van der Waals surface area contributed by atoms with Crippen LogP contribution in [0.15, 0.2) is 24.3 Å². The Morgan fingerprint density at radius 1 is 1.29 bits per heavy atom. The molecule has 76 valence electrons. The van der Waals surface area contributed by atoms with Gasteiger partial charge in [-0.25, -0.2) is 0 Å². The molecule has 1 aromatic carbocycles. The first-order valence-electron chi connectivity index (χ1n) is 4.81. The van der Waals surface area contributed by atoms with Crippen LogP contribution in [0, 0.1) is 0 Å². The third-order valence-electron chi connectivity index (χ3n) is 2.88. The highest BCUT2D eigenvalue weighted by Crippen LogP contribution is 2.22. The van der Waals surface area contributed by atoms with Gasteiger partial charge in [0, 0.05) is 6.54 Å². The number of hydrogen-bond acceptors (Lipinski definition) is 3. The zero-order chi connectivity index (χ0) is 10.1. The van der Waals surface area contributed by atoms with Crippen LogP contribution in [-0.2, 0) is 13.0 Å². The molecule has 2 rings (SSSR count). The second kappa shape index (κ2) is 3.69. The second-order valence-corrected chi connectivity index (χ2v) is 3.87. The Morgan fingerprint density at radius 2 is 1.93 bits per heavy atom. The molecule has 1 atom stereocenters. The van der Waals surface area contributed by atoms with E-state index in [0.717, 1.165) is 6.54 Å². The second-order valence-electron chi connectivity index (χ2n) is 3.87. The van der Waals surface area contributed by atoms with Crippen molar-refractivity contribution in [2.24, 2.45) is 0 Å². The lowest BCUT2D eigenvalue weighted by Crippen LogP contribution is -2.45. The van der Waals surface area contributed by atoms with Crippen molar-refractivity contribution in [1.82, 2.24) is 4.90 Å². The van der Waals surface area contributed by atoms with Crippen LogP contribution in [0.4, 0.5) is 0 Å². The smallest absolute Gasteiger partial charge is 0.167 e. The maximum atomic E-state index is 9.19. The molecule has 0 amide bonds. The van der Waals surface area contributed by atoms with Gasteiger partial charge in [-0.05, 0) is 24.6 Å². The maximum absolute atomic E-state index is 9.19. The number of likely N-dealkylation sites (N-methyl/N-ethyl adjacent to an activating group) is 1. The van der Waals surface area contributed by atoms with E-state index in [1.807, 2.05) is 24.1 Å². The number of aliphatic hydroxyl groups is 2. The lowest BCUT2D eigenvalue weighted by molar-refractivity contribution is -0.0994. The van der Waals surface area contributed by atoms with Crippen molar-refractivity contribution >= 4 is 0 Å². The van der Waals surface area contributed by atoms with Gasteiger partial charge in [0.1, 0.15) is 0 Å². The molecule has 3 nitrogen and oxygen atoms in total. The summed E-state index contributed by atoms with van der Waals surface area (Å²) in [7, 11) is 1.92. The van der Waals surface area contributed by atoms with Crippen LogP contribution in [0.2, 0.25) is 0 Å². The highest BCUT2D eigenvalue weighted by molar-refractivity contribution is 5.30. The van der Waals surface area contributed by atoms with Crippen molar-refractivity contribution in [3.8, 4) is 0 Å². The van der Waals surface area contributed by atoms with Gasteiger partial charge in [0.25, 0.3) is 0 Å². The minimum atomic E-state index is -1.26. The lowest BCUT2D eigenvalue weighted by atomic mass is 9.94. The Balaban J connectivity index is 2.27. The van der Waals surface area contributed by atoms with E-state index in [1.54, 1.807) is 0 Å². The van der Waals surface area contributed by atoms with Gasteiger partial charge < -0.3 is 10.2 Å². The van der Waals surface area contributed by atoms with Crippen molar-refractivity contribution < 1.29 is 10.2 Å². The fourth-order valence-electron chi connectivity index (χ4n) is 2.01. The Bertz CT molecular complexity index is 325. The molecule has 1 heterocycles. The summed E-state index contributed by atoms with van der Waals surface area (Å²) in [6.45, 7) is 0.790. The van der Waals surface area contributed by atoms with Gasteiger partial charge in [-0.1, -0.05) is 24.3 Å². The normalized spacial score (nSPS) is 22.4. The summed E-state index contributed by atoms with van der Waals surface area (Å²) in [5.41, 5.74) is 2.51. The number of aliphatic hydroxyl groups excluding tert-OH is 1. The van der Waals surface area contributed by atoms with Crippen LogP contribution in [-0.4, -0.2) is 34.5 Å². The predicted octanol–water partition coefficient (Wildman–Crippen LogP) is 0.354. The molecule has 0 saturated carbocycles. The molecule has 0 aromatic heterocycles. The number of fused-ring (bicyclic) bond motifs is 1. The van der Waals surface area contributed by atoms with E-state index >= 15 is 0 Å².